The van der Waals surface area contributed by atoms with Crippen molar-refractivity contribution in [3.8, 4) is 55.6 Å². The zero-order valence-corrected chi connectivity index (χ0v) is 26.6. The number of rotatable bonds is 1. The van der Waals surface area contributed by atoms with Gasteiger partial charge in [0.25, 0.3) is 0 Å². The fourth-order valence-electron chi connectivity index (χ4n) is 9.34. The average Bonchev–Trinajstić information content (AvgIpc) is 3.57. The van der Waals surface area contributed by atoms with Gasteiger partial charge in [-0.05, 0) is 172 Å². The van der Waals surface area contributed by atoms with E-state index in [4.69, 9.17) is 0 Å². The highest BCUT2D eigenvalue weighted by atomic mass is 14.3. The van der Waals surface area contributed by atoms with Crippen molar-refractivity contribution in [3.63, 3.8) is 0 Å². The van der Waals surface area contributed by atoms with Crippen molar-refractivity contribution in [3.05, 3.63) is 144 Å². The van der Waals surface area contributed by atoms with Crippen molar-refractivity contribution in [2.45, 2.75) is 20.8 Å². The van der Waals surface area contributed by atoms with Gasteiger partial charge in [0.05, 0.1) is 0 Å². The molecule has 218 valence electrons. The summed E-state index contributed by atoms with van der Waals surface area (Å²) in [5.74, 6) is 0. The van der Waals surface area contributed by atoms with E-state index >= 15 is 0 Å². The SMILES string of the molecule is Cc1cc(C)c(-c2cc3c4cc5c(cc4ccc3c3cc4c(cc23)-c2cccc3cccc-4c23)-c2cccc3cccc-5c23)c(C)c1. The van der Waals surface area contributed by atoms with E-state index in [2.05, 4.69) is 148 Å². The van der Waals surface area contributed by atoms with Crippen molar-refractivity contribution in [1.29, 1.82) is 0 Å². The van der Waals surface area contributed by atoms with Crippen LogP contribution in [0.3, 0.4) is 0 Å². The zero-order valence-electron chi connectivity index (χ0n) is 26.6. The van der Waals surface area contributed by atoms with Gasteiger partial charge in [0, 0.05) is 0 Å². The molecule has 0 unspecified atom stereocenters. The molecular formula is C47H30. The van der Waals surface area contributed by atoms with Gasteiger partial charge in [0.2, 0.25) is 0 Å². The normalized spacial score (nSPS) is 12.6. The van der Waals surface area contributed by atoms with Crippen LogP contribution in [-0.4, -0.2) is 0 Å². The van der Waals surface area contributed by atoms with Crippen LogP contribution in [0.4, 0.5) is 0 Å². The predicted molar refractivity (Wildman–Crippen MR) is 202 cm³/mol. The Balaban J connectivity index is 1.30. The van der Waals surface area contributed by atoms with E-state index < -0.39 is 0 Å². The van der Waals surface area contributed by atoms with Gasteiger partial charge >= 0.3 is 0 Å². The topological polar surface area (TPSA) is 0 Å². The average molecular weight is 595 g/mol. The fourth-order valence-corrected chi connectivity index (χ4v) is 9.34. The van der Waals surface area contributed by atoms with Crippen LogP contribution >= 0.6 is 0 Å². The Kier molecular flexibility index (Phi) is 4.74. The highest BCUT2D eigenvalue weighted by Gasteiger charge is 2.26. The van der Waals surface area contributed by atoms with Gasteiger partial charge in [-0.2, -0.15) is 0 Å². The molecule has 0 nitrogen and oxygen atoms in total. The van der Waals surface area contributed by atoms with Gasteiger partial charge in [0.15, 0.2) is 0 Å². The monoisotopic (exact) mass is 594 g/mol. The van der Waals surface area contributed by atoms with E-state index in [1.807, 2.05) is 0 Å². The molecule has 0 saturated heterocycles. The Bertz CT molecular complexity index is 2880. The molecule has 0 atom stereocenters. The van der Waals surface area contributed by atoms with Crippen LogP contribution in [0, 0.1) is 20.8 Å². The number of fused-ring (bicyclic) bond motifs is 11. The Morgan fingerprint density at radius 3 is 1.30 bits per heavy atom. The Morgan fingerprint density at radius 1 is 0.298 bits per heavy atom. The second-order valence-electron chi connectivity index (χ2n) is 13.8. The summed E-state index contributed by atoms with van der Waals surface area (Å²) < 4.78 is 0. The zero-order chi connectivity index (χ0) is 31.1. The Labute approximate surface area is 273 Å². The Hall–Kier alpha value is -5.72. The molecule has 2 aliphatic rings. The molecule has 0 heteroatoms. The first-order valence-electron chi connectivity index (χ1n) is 16.7. The van der Waals surface area contributed by atoms with Crippen molar-refractivity contribution in [1.82, 2.24) is 0 Å². The summed E-state index contributed by atoms with van der Waals surface area (Å²) in [7, 11) is 0. The first-order valence-corrected chi connectivity index (χ1v) is 16.7. The van der Waals surface area contributed by atoms with Gasteiger partial charge in [-0.15, -0.1) is 0 Å². The van der Waals surface area contributed by atoms with E-state index in [-0.39, 0.29) is 0 Å². The molecule has 11 rings (SSSR count). The second kappa shape index (κ2) is 8.75. The minimum Gasteiger partial charge on any atom is -0.0610 e. The molecular weight excluding hydrogens is 565 g/mol. The maximum atomic E-state index is 2.51. The predicted octanol–water partition coefficient (Wildman–Crippen LogP) is 13.3. The molecule has 9 aromatic carbocycles. The molecule has 0 radical (unpaired) electrons. The molecule has 0 fully saturated rings. The summed E-state index contributed by atoms with van der Waals surface area (Å²) in [5, 5.41) is 13.3. The van der Waals surface area contributed by atoms with Gasteiger partial charge < -0.3 is 0 Å². The summed E-state index contributed by atoms with van der Waals surface area (Å²) in [5.41, 5.74) is 17.4. The number of hydrogen-bond acceptors (Lipinski definition) is 0. The number of benzene rings is 9. The lowest BCUT2D eigenvalue weighted by atomic mass is 9.85. The molecule has 0 N–H and O–H groups in total. The quantitative estimate of drug-likeness (QED) is 0.166. The van der Waals surface area contributed by atoms with Crippen molar-refractivity contribution >= 4 is 53.9 Å². The standard InChI is InChI=1S/C47H30/c1-25-18-26(2)45(27(3)19-25)44-24-38-31(39-22-41-34-14-6-10-29-11-7-15-35(47(29)34)42(41)23-43(39)44)17-16-30-20-37-32-12-4-8-28-9-5-13-33(46(28)32)40(37)21-36(30)38/h4-24H,1-3H3. The lowest BCUT2D eigenvalue weighted by Crippen LogP contribution is -1.94. The maximum Gasteiger partial charge on any atom is -0.00264 e. The van der Waals surface area contributed by atoms with E-state index in [1.165, 1.54) is 126 Å². The molecule has 47 heavy (non-hydrogen) atoms. The minimum atomic E-state index is 1.29. The number of hydrogen-bond donors (Lipinski definition) is 0. The van der Waals surface area contributed by atoms with Crippen molar-refractivity contribution in [2.75, 3.05) is 0 Å². The maximum absolute atomic E-state index is 2.51. The van der Waals surface area contributed by atoms with E-state index in [0.717, 1.165) is 0 Å². The smallest absolute Gasteiger partial charge is 0.00264 e. The molecule has 0 saturated carbocycles. The van der Waals surface area contributed by atoms with Gasteiger partial charge in [-0.3, -0.25) is 0 Å². The Morgan fingerprint density at radius 2 is 0.745 bits per heavy atom. The number of aryl methyl sites for hydroxylation is 3. The lowest BCUT2D eigenvalue weighted by Gasteiger charge is -2.19. The fraction of sp³-hybridized carbons (Fsp3) is 0.0638. The van der Waals surface area contributed by atoms with Gasteiger partial charge in [-0.1, -0.05) is 103 Å². The highest BCUT2D eigenvalue weighted by Crippen LogP contribution is 2.53. The summed E-state index contributed by atoms with van der Waals surface area (Å²) in [6, 6.07) is 48.8. The third-order valence-electron chi connectivity index (χ3n) is 11.1. The molecule has 0 spiro atoms. The van der Waals surface area contributed by atoms with Crippen LogP contribution in [0.15, 0.2) is 127 Å². The van der Waals surface area contributed by atoms with Gasteiger partial charge in [0.1, 0.15) is 0 Å². The lowest BCUT2D eigenvalue weighted by molar-refractivity contribution is 1.32. The molecule has 0 aliphatic heterocycles. The van der Waals surface area contributed by atoms with Crippen LogP contribution < -0.4 is 0 Å². The summed E-state index contributed by atoms with van der Waals surface area (Å²) in [4.78, 5) is 0. The molecule has 2 aliphatic carbocycles. The summed E-state index contributed by atoms with van der Waals surface area (Å²) in [6.45, 7) is 6.77. The largest absolute Gasteiger partial charge is 0.0610 e. The molecule has 9 aromatic rings. The molecule has 0 amide bonds. The van der Waals surface area contributed by atoms with E-state index in [9.17, 15) is 0 Å². The molecule has 0 bridgehead atoms. The van der Waals surface area contributed by atoms with Crippen LogP contribution in [-0.2, 0) is 0 Å². The van der Waals surface area contributed by atoms with Crippen molar-refractivity contribution in [2.24, 2.45) is 0 Å². The second-order valence-corrected chi connectivity index (χ2v) is 13.8. The third kappa shape index (κ3) is 3.23. The van der Waals surface area contributed by atoms with Crippen LogP contribution in [0.25, 0.3) is 109 Å². The van der Waals surface area contributed by atoms with Crippen LogP contribution in [0.2, 0.25) is 0 Å². The first kappa shape index (κ1) is 25.5. The summed E-state index contributed by atoms with van der Waals surface area (Å²) >= 11 is 0. The first-order chi connectivity index (χ1) is 23.0. The van der Waals surface area contributed by atoms with Gasteiger partial charge in [-0.25, -0.2) is 0 Å². The van der Waals surface area contributed by atoms with Crippen LogP contribution in [0.1, 0.15) is 16.7 Å². The van der Waals surface area contributed by atoms with Crippen molar-refractivity contribution < 1.29 is 0 Å². The highest BCUT2D eigenvalue weighted by molar-refractivity contribution is 6.27. The van der Waals surface area contributed by atoms with Crippen LogP contribution in [0.5, 0.6) is 0 Å². The van der Waals surface area contributed by atoms with E-state index in [1.54, 1.807) is 0 Å². The summed E-state index contributed by atoms with van der Waals surface area (Å²) in [6.07, 6.45) is 0. The molecule has 0 aromatic heterocycles. The minimum absolute atomic E-state index is 1.29. The third-order valence-corrected chi connectivity index (χ3v) is 11.1. The van der Waals surface area contributed by atoms with E-state index in [0.29, 0.717) is 0 Å². The molecule has 0 heterocycles.